The maximum atomic E-state index is 11.8. The molecule has 152 valence electrons. The number of aliphatic hydroxyl groups is 5. The molecule has 2 aliphatic heterocycles. The van der Waals surface area contributed by atoms with Gasteiger partial charge in [0.25, 0.3) is 5.56 Å². The molecule has 0 radical (unpaired) electrons. The van der Waals surface area contributed by atoms with Crippen molar-refractivity contribution in [2.45, 2.75) is 53.3 Å². The lowest BCUT2D eigenvalue weighted by atomic mass is 10.1. The van der Waals surface area contributed by atoms with Crippen LogP contribution in [-0.4, -0.2) is 88.7 Å². The second kappa shape index (κ2) is 8.22. The lowest BCUT2D eigenvalue weighted by Gasteiger charge is -2.20. The number of H-pyrrole nitrogens is 1. The Morgan fingerprint density at radius 1 is 1.15 bits per heavy atom. The molecule has 1 aromatic rings. The third-order valence-electron chi connectivity index (χ3n) is 4.42. The number of aromatic nitrogens is 2. The molecule has 13 heteroatoms. The molecule has 0 aliphatic carbocycles. The van der Waals surface area contributed by atoms with Crippen LogP contribution in [0.15, 0.2) is 21.9 Å². The number of hydrogen-bond acceptors (Lipinski definition) is 10. The predicted molar refractivity (Wildman–Crippen MR) is 93.9 cm³/mol. The number of halogens is 1. The van der Waals surface area contributed by atoms with Crippen LogP contribution in [0.5, 0.6) is 0 Å². The Labute approximate surface area is 165 Å². The summed E-state index contributed by atoms with van der Waals surface area (Å²) in [5.41, 5.74) is -1.45. The highest BCUT2D eigenvalue weighted by atomic mass is 127. The first kappa shape index (κ1) is 20.8. The Kier molecular flexibility index (Phi) is 6.34. The summed E-state index contributed by atoms with van der Waals surface area (Å²) in [5, 5.41) is 49.5. The number of aromatic amines is 1. The van der Waals surface area contributed by atoms with Gasteiger partial charge in [0.2, 0.25) is 0 Å². The van der Waals surface area contributed by atoms with E-state index < -0.39 is 64.5 Å². The van der Waals surface area contributed by atoms with Gasteiger partial charge in [-0.2, -0.15) is 0 Å². The van der Waals surface area contributed by atoms with Crippen LogP contribution in [0, 0.1) is 0 Å². The average molecular weight is 502 g/mol. The molecule has 0 spiro atoms. The second-order valence-electron chi connectivity index (χ2n) is 6.22. The number of nitrogens with one attached hydrogen (secondary N) is 1. The summed E-state index contributed by atoms with van der Waals surface area (Å²) in [7, 11) is 0. The zero-order valence-corrected chi connectivity index (χ0v) is 15.8. The Morgan fingerprint density at radius 2 is 1.85 bits per heavy atom. The molecule has 2 fully saturated rings. The summed E-state index contributed by atoms with van der Waals surface area (Å²) in [6, 6.07) is 1.06. The number of hydrogen-bond donors (Lipinski definition) is 6. The summed E-state index contributed by atoms with van der Waals surface area (Å²) in [5.74, 6) is 0. The molecular formula is C14H19IN2O10. The Morgan fingerprint density at radius 3 is 2.44 bits per heavy atom. The first-order chi connectivity index (χ1) is 12.7. The van der Waals surface area contributed by atoms with Crippen molar-refractivity contribution in [2.24, 2.45) is 0 Å². The summed E-state index contributed by atoms with van der Waals surface area (Å²) in [4.78, 5) is 25.0. The van der Waals surface area contributed by atoms with Crippen LogP contribution in [0.25, 0.3) is 0 Å². The molecule has 2 unspecified atom stereocenters. The largest absolute Gasteiger partial charge is 0.387 e. The molecule has 12 nitrogen and oxygen atoms in total. The van der Waals surface area contributed by atoms with Gasteiger partial charge in [0, 0.05) is 12.3 Å². The molecule has 0 saturated carbocycles. The SMILES string of the molecule is O=c1ccn([C@@H]2O[C@H](COC3O[C@H](C(O)I)[C@@H](O)[C@@H]3O)[C@@H](O)[C@H]2O)c(=O)[nH]1. The van der Waals surface area contributed by atoms with Crippen molar-refractivity contribution in [1.82, 2.24) is 9.55 Å². The van der Waals surface area contributed by atoms with Crippen molar-refractivity contribution in [3.63, 3.8) is 0 Å². The Bertz CT molecular complexity index is 769. The topological polar surface area (TPSA) is 184 Å². The molecule has 27 heavy (non-hydrogen) atoms. The fourth-order valence-electron chi connectivity index (χ4n) is 2.95. The quantitative estimate of drug-likeness (QED) is 0.174. The van der Waals surface area contributed by atoms with Crippen LogP contribution in [0.2, 0.25) is 0 Å². The molecule has 9 atom stereocenters. The number of rotatable bonds is 5. The molecule has 3 rings (SSSR count). The fraction of sp³-hybridized carbons (Fsp3) is 0.714. The van der Waals surface area contributed by atoms with E-state index in [-0.39, 0.29) is 6.61 Å². The minimum Gasteiger partial charge on any atom is -0.387 e. The zero-order chi connectivity index (χ0) is 19.9. The maximum absolute atomic E-state index is 11.8. The van der Waals surface area contributed by atoms with Crippen molar-refractivity contribution in [3.8, 4) is 0 Å². The van der Waals surface area contributed by atoms with Crippen molar-refractivity contribution in [2.75, 3.05) is 6.61 Å². The van der Waals surface area contributed by atoms with Crippen molar-refractivity contribution in [3.05, 3.63) is 33.1 Å². The van der Waals surface area contributed by atoms with E-state index in [2.05, 4.69) is 0 Å². The van der Waals surface area contributed by atoms with E-state index in [0.29, 0.717) is 0 Å². The number of alkyl halides is 1. The van der Waals surface area contributed by atoms with Crippen LogP contribution >= 0.6 is 22.6 Å². The normalized spacial score (nSPS) is 40.4. The van der Waals surface area contributed by atoms with Crippen molar-refractivity contribution < 1.29 is 39.7 Å². The number of nitrogens with zero attached hydrogens (tertiary/aromatic N) is 1. The highest BCUT2D eigenvalue weighted by Crippen LogP contribution is 2.31. The predicted octanol–water partition coefficient (Wildman–Crippen LogP) is -3.63. The van der Waals surface area contributed by atoms with Crippen LogP contribution in [0.3, 0.4) is 0 Å². The van der Waals surface area contributed by atoms with Gasteiger partial charge in [-0.15, -0.1) is 0 Å². The van der Waals surface area contributed by atoms with Crippen molar-refractivity contribution >= 4 is 22.6 Å². The van der Waals surface area contributed by atoms with Crippen LogP contribution < -0.4 is 11.2 Å². The van der Waals surface area contributed by atoms with Crippen LogP contribution in [0.1, 0.15) is 6.23 Å². The summed E-state index contributed by atoms with van der Waals surface area (Å²) in [6.45, 7) is -0.342. The maximum Gasteiger partial charge on any atom is 0.330 e. The second-order valence-corrected chi connectivity index (χ2v) is 7.50. The van der Waals surface area contributed by atoms with E-state index in [4.69, 9.17) is 14.2 Å². The molecule has 3 heterocycles. The number of aliphatic hydroxyl groups excluding tert-OH is 5. The van der Waals surface area contributed by atoms with Crippen molar-refractivity contribution in [1.29, 1.82) is 0 Å². The Balaban J connectivity index is 1.65. The van der Waals surface area contributed by atoms with E-state index >= 15 is 0 Å². The van der Waals surface area contributed by atoms with Gasteiger partial charge in [-0.1, -0.05) is 0 Å². The summed E-state index contributed by atoms with van der Waals surface area (Å²) in [6.07, 6.45) is -9.26. The number of ether oxygens (including phenoxy) is 3. The highest BCUT2D eigenvalue weighted by molar-refractivity contribution is 14.1. The van der Waals surface area contributed by atoms with Crippen LogP contribution in [-0.2, 0) is 14.2 Å². The van der Waals surface area contributed by atoms with Gasteiger partial charge >= 0.3 is 5.69 Å². The summed E-state index contributed by atoms with van der Waals surface area (Å²) >= 11 is 1.62. The van der Waals surface area contributed by atoms with E-state index in [1.54, 1.807) is 22.6 Å². The molecule has 2 saturated heterocycles. The molecule has 0 amide bonds. The lowest BCUT2D eigenvalue weighted by Crippen LogP contribution is -2.39. The van der Waals surface area contributed by atoms with Gasteiger partial charge in [-0.25, -0.2) is 4.79 Å². The minimum atomic E-state index is -1.48. The standard InChI is InChI=1S/C14H19IN2O10/c15-11(23)10-7(20)9(22)13(27-10)25-3-4-6(19)8(21)12(26-4)17-2-1-5(18)16-14(17)24/h1-2,4,6-13,19-23H,3H2,(H,16,18,24)/t4-,6-,7+,8-,9+,10+,11?,12-,13?/m1/s1. The van der Waals surface area contributed by atoms with Gasteiger partial charge < -0.3 is 39.7 Å². The van der Waals surface area contributed by atoms with Gasteiger partial charge in [0.05, 0.1) is 6.61 Å². The molecule has 1 aromatic heterocycles. The summed E-state index contributed by atoms with van der Waals surface area (Å²) < 4.78 is 15.8. The minimum absolute atomic E-state index is 0.342. The first-order valence-electron chi connectivity index (χ1n) is 7.99. The van der Waals surface area contributed by atoms with E-state index in [1.165, 1.54) is 0 Å². The third kappa shape index (κ3) is 4.10. The van der Waals surface area contributed by atoms with E-state index in [1.807, 2.05) is 4.98 Å². The molecule has 2 aliphatic rings. The van der Waals surface area contributed by atoms with Gasteiger partial charge in [-0.3, -0.25) is 14.3 Å². The zero-order valence-electron chi connectivity index (χ0n) is 13.7. The molecular weight excluding hydrogens is 483 g/mol. The molecule has 0 aromatic carbocycles. The molecule has 0 bridgehead atoms. The average Bonchev–Trinajstić information content (AvgIpc) is 3.05. The van der Waals surface area contributed by atoms with Gasteiger partial charge in [0.1, 0.15) is 40.7 Å². The first-order valence-corrected chi connectivity index (χ1v) is 9.23. The van der Waals surface area contributed by atoms with E-state index in [0.717, 1.165) is 16.8 Å². The molecule has 6 N–H and O–H groups in total. The van der Waals surface area contributed by atoms with Gasteiger partial charge in [-0.05, 0) is 22.6 Å². The van der Waals surface area contributed by atoms with Crippen LogP contribution in [0.4, 0.5) is 0 Å². The highest BCUT2D eigenvalue weighted by Gasteiger charge is 2.48. The fourth-order valence-corrected chi connectivity index (χ4v) is 3.55. The van der Waals surface area contributed by atoms with E-state index in [9.17, 15) is 35.1 Å². The van der Waals surface area contributed by atoms with Gasteiger partial charge in [0.15, 0.2) is 12.5 Å². The monoisotopic (exact) mass is 502 g/mol. The smallest absolute Gasteiger partial charge is 0.330 e. The lowest BCUT2D eigenvalue weighted by molar-refractivity contribution is -0.191. The third-order valence-corrected chi connectivity index (χ3v) is 5.12. The Hall–Kier alpha value is -0.910.